The molecule has 1 unspecified atom stereocenters. The molecule has 8 nitrogen and oxygen atoms in total. The fraction of sp³-hybridized carbons (Fsp3) is 0.793. The molecule has 0 N–H and O–H groups in total. The van der Waals surface area contributed by atoms with Gasteiger partial charge in [0.2, 0.25) is 20.0 Å². The van der Waals surface area contributed by atoms with Crippen LogP contribution in [0.5, 0.6) is 5.75 Å². The molecular formula is C29H50ClN3O5S2. The van der Waals surface area contributed by atoms with Gasteiger partial charge in [-0.1, -0.05) is 0 Å². The van der Waals surface area contributed by atoms with Crippen molar-refractivity contribution in [2.45, 2.75) is 83.5 Å². The van der Waals surface area contributed by atoms with Crippen LogP contribution in [0.15, 0.2) is 11.0 Å². The van der Waals surface area contributed by atoms with E-state index < -0.39 is 20.0 Å². The number of halogens is 1. The van der Waals surface area contributed by atoms with Gasteiger partial charge in [-0.15, -0.1) is 12.4 Å². The van der Waals surface area contributed by atoms with Crippen LogP contribution in [-0.2, 0) is 20.0 Å². The maximum absolute atomic E-state index is 13.7. The fourth-order valence-electron chi connectivity index (χ4n) is 6.77. The highest BCUT2D eigenvalue weighted by Crippen LogP contribution is 2.34. The monoisotopic (exact) mass is 619 g/mol. The van der Waals surface area contributed by atoms with Crippen LogP contribution in [0.3, 0.4) is 0 Å². The van der Waals surface area contributed by atoms with Crippen molar-refractivity contribution >= 4 is 32.5 Å². The topological polar surface area (TPSA) is 87.2 Å². The van der Waals surface area contributed by atoms with Gasteiger partial charge in [0.25, 0.3) is 0 Å². The maximum Gasteiger partial charge on any atom is 0.243 e. The molecule has 3 aliphatic rings. The molecule has 3 heterocycles. The molecule has 1 aromatic rings. The van der Waals surface area contributed by atoms with E-state index in [0.717, 1.165) is 49.8 Å². The van der Waals surface area contributed by atoms with Crippen molar-refractivity contribution < 1.29 is 21.6 Å². The van der Waals surface area contributed by atoms with Crippen LogP contribution in [0, 0.1) is 32.6 Å². The quantitative estimate of drug-likeness (QED) is 0.355. The van der Waals surface area contributed by atoms with Crippen molar-refractivity contribution in [3.05, 3.63) is 22.8 Å². The summed E-state index contributed by atoms with van der Waals surface area (Å²) in [5.41, 5.74) is 2.28. The Bertz CT molecular complexity index is 1190. The SMILES string of the molecule is COc1cc(C)c(S(=O)(=O)N2CCCC(CCCS(=O)(=O)N3CCC(CCN4CCCC4)CC3)C2)c(C)c1C.Cl. The smallest absolute Gasteiger partial charge is 0.243 e. The summed E-state index contributed by atoms with van der Waals surface area (Å²) in [6.45, 7) is 11.4. The largest absolute Gasteiger partial charge is 0.496 e. The predicted octanol–water partition coefficient (Wildman–Crippen LogP) is 4.75. The summed E-state index contributed by atoms with van der Waals surface area (Å²) in [7, 11) is -5.31. The zero-order valence-electron chi connectivity index (χ0n) is 24.9. The second-order valence-electron chi connectivity index (χ2n) is 12.0. The standard InChI is InChI=1S/C29H49N3O5S2.ClH/c1-23-21-28(37-4)24(2)25(3)29(23)39(35,36)32-16-7-9-27(22-32)10-8-20-38(33,34)31-18-12-26(13-19-31)11-17-30-14-5-6-15-30;/h21,26-27H,5-20,22H2,1-4H3;1H. The van der Waals surface area contributed by atoms with Crippen LogP contribution in [0.25, 0.3) is 0 Å². The number of hydrogen-bond donors (Lipinski definition) is 0. The maximum atomic E-state index is 13.7. The lowest BCUT2D eigenvalue weighted by molar-refractivity contribution is 0.231. The van der Waals surface area contributed by atoms with Crippen LogP contribution < -0.4 is 4.74 Å². The zero-order valence-corrected chi connectivity index (χ0v) is 27.3. The van der Waals surface area contributed by atoms with Gasteiger partial charge in [0.15, 0.2) is 0 Å². The van der Waals surface area contributed by atoms with E-state index in [-0.39, 0.29) is 24.1 Å². The first-order chi connectivity index (χ1) is 18.5. The Hall–Kier alpha value is -0.910. The van der Waals surface area contributed by atoms with E-state index >= 15 is 0 Å². The number of hydrogen-bond acceptors (Lipinski definition) is 6. The van der Waals surface area contributed by atoms with Gasteiger partial charge in [-0.3, -0.25) is 0 Å². The molecule has 0 spiro atoms. The molecule has 0 saturated carbocycles. The number of sulfonamides is 2. The first kappa shape index (κ1) is 33.6. The molecule has 40 heavy (non-hydrogen) atoms. The molecule has 3 aliphatic heterocycles. The molecule has 0 amide bonds. The Morgan fingerprint density at radius 2 is 1.50 bits per heavy atom. The van der Waals surface area contributed by atoms with Crippen molar-refractivity contribution in [2.75, 3.05) is 58.7 Å². The van der Waals surface area contributed by atoms with E-state index in [1.807, 2.05) is 20.8 Å². The van der Waals surface area contributed by atoms with Gasteiger partial charge in [0, 0.05) is 26.2 Å². The van der Waals surface area contributed by atoms with Crippen LogP contribution in [0.4, 0.5) is 0 Å². The summed E-state index contributed by atoms with van der Waals surface area (Å²) in [5, 5.41) is 0. The highest BCUT2D eigenvalue weighted by molar-refractivity contribution is 7.89. The Labute approximate surface area is 249 Å². The number of ether oxygens (including phenoxy) is 1. The number of piperidine rings is 2. The third-order valence-corrected chi connectivity index (χ3v) is 13.4. The molecule has 1 aromatic carbocycles. The molecule has 3 fully saturated rings. The van der Waals surface area contributed by atoms with Crippen molar-refractivity contribution in [3.63, 3.8) is 0 Å². The van der Waals surface area contributed by atoms with E-state index in [0.29, 0.717) is 54.7 Å². The lowest BCUT2D eigenvalue weighted by atomic mass is 9.94. The number of methoxy groups -OCH3 is 1. The molecule has 0 aromatic heterocycles. The predicted molar refractivity (Wildman–Crippen MR) is 164 cm³/mol. The molecule has 230 valence electrons. The lowest BCUT2D eigenvalue weighted by Crippen LogP contribution is -2.41. The van der Waals surface area contributed by atoms with Crippen LogP contribution in [-0.4, -0.2) is 89.0 Å². The molecule has 4 rings (SSSR count). The van der Waals surface area contributed by atoms with Crippen molar-refractivity contribution in [1.29, 1.82) is 0 Å². The minimum Gasteiger partial charge on any atom is -0.496 e. The normalized spacial score (nSPS) is 22.4. The van der Waals surface area contributed by atoms with Gasteiger partial charge in [0.1, 0.15) is 5.75 Å². The highest BCUT2D eigenvalue weighted by Gasteiger charge is 2.34. The molecule has 0 aliphatic carbocycles. The first-order valence-electron chi connectivity index (χ1n) is 14.9. The second-order valence-corrected chi connectivity index (χ2v) is 15.9. The molecule has 3 saturated heterocycles. The van der Waals surface area contributed by atoms with E-state index in [4.69, 9.17) is 4.74 Å². The minimum absolute atomic E-state index is 0. The van der Waals surface area contributed by atoms with Gasteiger partial charge in [-0.25, -0.2) is 21.1 Å². The third-order valence-electron chi connectivity index (χ3n) is 9.31. The fourth-order valence-corrected chi connectivity index (χ4v) is 10.4. The summed E-state index contributed by atoms with van der Waals surface area (Å²) < 4.78 is 62.3. The number of benzene rings is 1. The van der Waals surface area contributed by atoms with Gasteiger partial charge < -0.3 is 9.64 Å². The van der Waals surface area contributed by atoms with E-state index in [1.54, 1.807) is 21.8 Å². The van der Waals surface area contributed by atoms with Crippen molar-refractivity contribution in [3.8, 4) is 5.75 Å². The van der Waals surface area contributed by atoms with Crippen molar-refractivity contribution in [1.82, 2.24) is 13.5 Å². The second kappa shape index (κ2) is 14.5. The Morgan fingerprint density at radius 1 is 0.825 bits per heavy atom. The van der Waals surface area contributed by atoms with Gasteiger partial charge in [-0.2, -0.15) is 4.31 Å². The number of aryl methyl sites for hydroxylation is 1. The lowest BCUT2D eigenvalue weighted by Gasteiger charge is -2.34. The number of rotatable bonds is 11. The van der Waals surface area contributed by atoms with Gasteiger partial charge in [-0.05, 0) is 133 Å². The Kier molecular flexibility index (Phi) is 12.2. The van der Waals surface area contributed by atoms with Gasteiger partial charge >= 0.3 is 0 Å². The van der Waals surface area contributed by atoms with Crippen LogP contribution in [0.2, 0.25) is 0 Å². The number of nitrogens with zero attached hydrogens (tertiary/aromatic N) is 3. The average Bonchev–Trinajstić information content (AvgIpc) is 3.43. The molecule has 0 radical (unpaired) electrons. The van der Waals surface area contributed by atoms with Crippen LogP contribution >= 0.6 is 12.4 Å². The first-order valence-corrected chi connectivity index (χ1v) is 17.9. The zero-order chi connectivity index (χ0) is 28.2. The van der Waals surface area contributed by atoms with Gasteiger partial charge in [0.05, 0.1) is 17.8 Å². The molecular weight excluding hydrogens is 570 g/mol. The highest BCUT2D eigenvalue weighted by atomic mass is 35.5. The molecule has 11 heteroatoms. The summed E-state index contributed by atoms with van der Waals surface area (Å²) in [6.07, 6.45) is 8.79. The summed E-state index contributed by atoms with van der Waals surface area (Å²) in [5.74, 6) is 1.67. The molecule has 0 bridgehead atoms. The summed E-state index contributed by atoms with van der Waals surface area (Å²) >= 11 is 0. The van der Waals surface area contributed by atoms with E-state index in [9.17, 15) is 16.8 Å². The Balaban J connectivity index is 0.00000441. The average molecular weight is 620 g/mol. The summed E-state index contributed by atoms with van der Waals surface area (Å²) in [4.78, 5) is 2.93. The van der Waals surface area contributed by atoms with E-state index in [2.05, 4.69) is 4.90 Å². The minimum atomic E-state index is -3.64. The van der Waals surface area contributed by atoms with E-state index in [1.165, 1.54) is 32.4 Å². The summed E-state index contributed by atoms with van der Waals surface area (Å²) in [6, 6.07) is 1.80. The third kappa shape index (κ3) is 7.92. The Morgan fingerprint density at radius 3 is 2.15 bits per heavy atom. The number of likely N-dealkylation sites (tertiary alicyclic amines) is 1. The van der Waals surface area contributed by atoms with Crippen molar-refractivity contribution in [2.24, 2.45) is 11.8 Å². The van der Waals surface area contributed by atoms with Crippen LogP contribution in [0.1, 0.15) is 74.5 Å². The molecule has 1 atom stereocenters.